The van der Waals surface area contributed by atoms with Gasteiger partial charge in [0, 0.05) is 18.0 Å². The van der Waals surface area contributed by atoms with E-state index in [1.165, 1.54) is 12.3 Å². The molecule has 1 aliphatic rings. The molecule has 0 N–H and O–H groups in total. The highest BCUT2D eigenvalue weighted by Crippen LogP contribution is 2.40. The van der Waals surface area contributed by atoms with Gasteiger partial charge in [-0.1, -0.05) is 35.5 Å². The summed E-state index contributed by atoms with van der Waals surface area (Å²) in [6.45, 7) is 1.93. The molecular formula is C19H17N3O4S2. The number of thiazole rings is 1. The molecule has 28 heavy (non-hydrogen) atoms. The Morgan fingerprint density at radius 2 is 1.89 bits per heavy atom. The lowest BCUT2D eigenvalue weighted by molar-refractivity contribution is -0.00464. The first-order valence-corrected chi connectivity index (χ1v) is 11.1. The molecular weight excluding hydrogens is 398 g/mol. The van der Waals surface area contributed by atoms with Gasteiger partial charge in [0.25, 0.3) is 0 Å². The summed E-state index contributed by atoms with van der Waals surface area (Å²) in [6, 6.07) is 12.9. The highest BCUT2D eigenvalue weighted by molar-refractivity contribution is 7.90. The second kappa shape index (κ2) is 6.99. The molecule has 9 heteroatoms. The SMILES string of the molecule is C[C@]1(c2cnc(-c3ccccc3)s2)CC(Oc2ccc(S(C)(=O)=O)nc2)=NO1. The molecule has 0 amide bonds. The first-order chi connectivity index (χ1) is 13.3. The van der Waals surface area contributed by atoms with Gasteiger partial charge in [0.2, 0.25) is 5.90 Å². The Kier molecular flexibility index (Phi) is 4.64. The molecule has 4 rings (SSSR count). The third-order valence-electron chi connectivity index (χ3n) is 4.21. The standard InChI is InChI=1S/C19H17N3O4S2/c1-19(15-12-21-18(27-15)13-6-4-3-5-7-13)10-16(22-26-19)25-14-8-9-17(20-11-14)28(2,23)24/h3-9,11-12H,10H2,1-2H3/t19-/m1/s1. The molecule has 1 atom stereocenters. The molecule has 0 spiro atoms. The van der Waals surface area contributed by atoms with E-state index >= 15 is 0 Å². The van der Waals surface area contributed by atoms with Crippen molar-refractivity contribution >= 4 is 27.1 Å². The van der Waals surface area contributed by atoms with E-state index in [0.717, 1.165) is 21.7 Å². The molecule has 1 aliphatic heterocycles. The summed E-state index contributed by atoms with van der Waals surface area (Å²) in [5, 5.41) is 4.95. The summed E-state index contributed by atoms with van der Waals surface area (Å²) in [5.41, 5.74) is 0.384. The van der Waals surface area contributed by atoms with Gasteiger partial charge in [-0.3, -0.25) is 0 Å². The van der Waals surface area contributed by atoms with Crippen molar-refractivity contribution in [1.29, 1.82) is 0 Å². The molecule has 3 aromatic rings. The zero-order valence-corrected chi connectivity index (χ0v) is 16.8. The van der Waals surface area contributed by atoms with E-state index in [2.05, 4.69) is 15.1 Å². The Hall–Kier alpha value is -2.78. The molecule has 2 aromatic heterocycles. The topological polar surface area (TPSA) is 90.7 Å². The van der Waals surface area contributed by atoms with Crippen molar-refractivity contribution in [2.75, 3.05) is 6.26 Å². The lowest BCUT2D eigenvalue weighted by Crippen LogP contribution is -2.21. The van der Waals surface area contributed by atoms with Crippen LogP contribution in [0.1, 0.15) is 18.2 Å². The molecule has 0 aliphatic carbocycles. The van der Waals surface area contributed by atoms with Crippen molar-refractivity contribution in [2.24, 2.45) is 5.16 Å². The number of hydrogen-bond donors (Lipinski definition) is 0. The van der Waals surface area contributed by atoms with E-state index in [9.17, 15) is 8.42 Å². The molecule has 0 fully saturated rings. The third kappa shape index (κ3) is 3.76. The number of ether oxygens (including phenoxy) is 1. The number of oxime groups is 1. The number of sulfone groups is 1. The number of benzene rings is 1. The van der Waals surface area contributed by atoms with Crippen molar-refractivity contribution in [3.05, 3.63) is 59.7 Å². The fraction of sp³-hybridized carbons (Fsp3) is 0.211. The van der Waals surface area contributed by atoms with Crippen LogP contribution in [0.25, 0.3) is 10.6 Å². The van der Waals surface area contributed by atoms with E-state index in [-0.39, 0.29) is 5.03 Å². The number of nitrogens with zero attached hydrogens (tertiary/aromatic N) is 3. The number of hydrogen-bond acceptors (Lipinski definition) is 8. The van der Waals surface area contributed by atoms with Crippen LogP contribution < -0.4 is 4.74 Å². The van der Waals surface area contributed by atoms with Crippen LogP contribution >= 0.6 is 11.3 Å². The van der Waals surface area contributed by atoms with Gasteiger partial charge in [0.05, 0.1) is 17.5 Å². The summed E-state index contributed by atoms with van der Waals surface area (Å²) in [7, 11) is -3.35. The minimum Gasteiger partial charge on any atom is -0.438 e. The summed E-state index contributed by atoms with van der Waals surface area (Å²) in [4.78, 5) is 15.0. The normalized spacial score (nSPS) is 19.1. The number of aromatic nitrogens is 2. The van der Waals surface area contributed by atoms with E-state index in [1.807, 2.05) is 37.3 Å². The van der Waals surface area contributed by atoms with E-state index in [4.69, 9.17) is 9.57 Å². The minimum atomic E-state index is -3.35. The average Bonchev–Trinajstić information content (AvgIpc) is 3.31. The van der Waals surface area contributed by atoms with Crippen LogP contribution in [0.15, 0.2) is 65.0 Å². The van der Waals surface area contributed by atoms with Gasteiger partial charge in [-0.2, -0.15) is 0 Å². The van der Waals surface area contributed by atoms with Crippen LogP contribution in [0.3, 0.4) is 0 Å². The predicted molar refractivity (Wildman–Crippen MR) is 106 cm³/mol. The van der Waals surface area contributed by atoms with Crippen LogP contribution in [-0.4, -0.2) is 30.5 Å². The minimum absolute atomic E-state index is 0.00704. The Labute approximate surface area is 166 Å². The van der Waals surface area contributed by atoms with Crippen LogP contribution in [-0.2, 0) is 20.3 Å². The van der Waals surface area contributed by atoms with Gasteiger partial charge in [0.1, 0.15) is 10.8 Å². The van der Waals surface area contributed by atoms with Gasteiger partial charge >= 0.3 is 0 Å². The maximum Gasteiger partial charge on any atom is 0.235 e. The van der Waals surface area contributed by atoms with Crippen molar-refractivity contribution in [1.82, 2.24) is 9.97 Å². The lowest BCUT2D eigenvalue weighted by atomic mass is 10.0. The van der Waals surface area contributed by atoms with Gasteiger partial charge in [0.15, 0.2) is 20.5 Å². The second-order valence-corrected chi connectivity index (χ2v) is 9.58. The van der Waals surface area contributed by atoms with Crippen molar-refractivity contribution in [3.63, 3.8) is 0 Å². The smallest absolute Gasteiger partial charge is 0.235 e. The summed E-state index contributed by atoms with van der Waals surface area (Å²) in [6.07, 6.45) is 4.69. The first kappa shape index (κ1) is 18.6. The predicted octanol–water partition coefficient (Wildman–Crippen LogP) is 3.64. The quantitative estimate of drug-likeness (QED) is 0.646. The third-order valence-corrected chi connectivity index (χ3v) is 6.50. The Bertz CT molecular complexity index is 1130. The molecule has 1 aromatic carbocycles. The summed E-state index contributed by atoms with van der Waals surface area (Å²) < 4.78 is 28.7. The molecule has 7 nitrogen and oxygen atoms in total. The van der Waals surface area contributed by atoms with Crippen molar-refractivity contribution < 1.29 is 18.0 Å². The van der Waals surface area contributed by atoms with Gasteiger partial charge < -0.3 is 9.57 Å². The van der Waals surface area contributed by atoms with Gasteiger partial charge in [-0.05, 0) is 19.1 Å². The van der Waals surface area contributed by atoms with Crippen molar-refractivity contribution in [2.45, 2.75) is 24.0 Å². The van der Waals surface area contributed by atoms with Crippen molar-refractivity contribution in [3.8, 4) is 16.3 Å². The highest BCUT2D eigenvalue weighted by atomic mass is 32.2. The summed E-state index contributed by atoms with van der Waals surface area (Å²) >= 11 is 1.55. The molecule has 0 unspecified atom stereocenters. The highest BCUT2D eigenvalue weighted by Gasteiger charge is 2.39. The van der Waals surface area contributed by atoms with Crippen LogP contribution in [0.2, 0.25) is 0 Å². The maximum atomic E-state index is 11.5. The zero-order chi connectivity index (χ0) is 19.8. The molecule has 0 saturated carbocycles. The van der Waals surface area contributed by atoms with Crippen LogP contribution in [0, 0.1) is 0 Å². The van der Waals surface area contributed by atoms with Crippen LogP contribution in [0.4, 0.5) is 0 Å². The molecule has 0 saturated heterocycles. The number of pyridine rings is 1. The molecule has 0 radical (unpaired) electrons. The molecule has 0 bridgehead atoms. The van der Waals surface area contributed by atoms with E-state index in [0.29, 0.717) is 18.1 Å². The zero-order valence-electron chi connectivity index (χ0n) is 15.2. The second-order valence-electron chi connectivity index (χ2n) is 6.59. The van der Waals surface area contributed by atoms with Gasteiger partial charge in [-0.25, -0.2) is 18.4 Å². The van der Waals surface area contributed by atoms with E-state index < -0.39 is 15.4 Å². The van der Waals surface area contributed by atoms with E-state index in [1.54, 1.807) is 23.6 Å². The fourth-order valence-electron chi connectivity index (χ4n) is 2.71. The maximum absolute atomic E-state index is 11.5. The largest absolute Gasteiger partial charge is 0.438 e. The Balaban J connectivity index is 1.46. The lowest BCUT2D eigenvalue weighted by Gasteiger charge is -2.18. The molecule has 144 valence electrons. The average molecular weight is 415 g/mol. The Morgan fingerprint density at radius 1 is 1.11 bits per heavy atom. The Morgan fingerprint density at radius 3 is 2.57 bits per heavy atom. The fourth-order valence-corrected chi connectivity index (χ4v) is 4.26. The molecule has 3 heterocycles. The monoisotopic (exact) mass is 415 g/mol. The van der Waals surface area contributed by atoms with Gasteiger partial charge in [-0.15, -0.1) is 11.3 Å². The van der Waals surface area contributed by atoms with Crippen LogP contribution in [0.5, 0.6) is 5.75 Å². The first-order valence-electron chi connectivity index (χ1n) is 8.44. The number of rotatable bonds is 4. The summed E-state index contributed by atoms with van der Waals surface area (Å²) in [5.74, 6) is 0.791.